The van der Waals surface area contributed by atoms with E-state index in [1.54, 1.807) is 6.20 Å². The summed E-state index contributed by atoms with van der Waals surface area (Å²) in [7, 11) is 0. The molecule has 5 nitrogen and oxygen atoms in total. The lowest BCUT2D eigenvalue weighted by molar-refractivity contribution is -0.117. The molecule has 1 aromatic heterocycles. The number of rotatable bonds is 4. The molecule has 101 valence electrons. The Morgan fingerprint density at radius 3 is 2.55 bits per heavy atom. The number of nitrogens with two attached hydrogens (primary N) is 1. The van der Waals surface area contributed by atoms with E-state index in [2.05, 4.69) is 9.98 Å². The van der Waals surface area contributed by atoms with Gasteiger partial charge in [-0.2, -0.15) is 4.99 Å². The predicted octanol–water partition coefficient (Wildman–Crippen LogP) is 1.81. The molecule has 1 radical (unpaired) electrons. The highest BCUT2D eigenvalue weighted by atomic mass is 16.1. The van der Waals surface area contributed by atoms with Gasteiger partial charge >= 0.3 is 0 Å². The highest BCUT2D eigenvalue weighted by Gasteiger charge is 2.02. The lowest BCUT2D eigenvalue weighted by Crippen LogP contribution is -2.14. The van der Waals surface area contributed by atoms with Crippen molar-refractivity contribution in [3.05, 3.63) is 54.4 Å². The van der Waals surface area contributed by atoms with Gasteiger partial charge in [-0.25, -0.2) is 0 Å². The molecule has 1 heterocycles. The fraction of sp³-hybridized carbons (Fsp3) is 0.133. The summed E-state index contributed by atoms with van der Waals surface area (Å²) in [6.45, 7) is 0. The maximum Gasteiger partial charge on any atom is 0.249 e. The summed E-state index contributed by atoms with van der Waals surface area (Å²) in [5.41, 5.74) is 15.1. The molecular weight excluding hydrogens is 252 g/mol. The average molecular weight is 267 g/mol. The van der Waals surface area contributed by atoms with Gasteiger partial charge in [0.2, 0.25) is 11.9 Å². The molecule has 0 saturated heterocycles. The van der Waals surface area contributed by atoms with E-state index in [1.165, 1.54) is 0 Å². The molecule has 0 aliphatic heterocycles. The number of carbonyl (C=O) groups excluding carboxylic acids is 1. The van der Waals surface area contributed by atoms with Crippen LogP contribution in [0.1, 0.15) is 12.0 Å². The Kier molecular flexibility index (Phi) is 4.44. The number of hydrogen-bond donors (Lipinski definition) is 1. The average Bonchev–Trinajstić information content (AvgIpc) is 2.46. The predicted molar refractivity (Wildman–Crippen MR) is 77.7 cm³/mol. The molecule has 5 heteroatoms. The number of carbonyl (C=O) groups is 1. The van der Waals surface area contributed by atoms with Gasteiger partial charge in [0.15, 0.2) is 0 Å². The fourth-order valence-corrected chi connectivity index (χ4v) is 1.84. The van der Waals surface area contributed by atoms with Gasteiger partial charge in [-0.3, -0.25) is 15.5 Å². The summed E-state index contributed by atoms with van der Waals surface area (Å²) in [6.07, 6.45) is 4.39. The second kappa shape index (κ2) is 6.47. The Labute approximate surface area is 117 Å². The molecule has 2 rings (SSSR count). The molecule has 0 saturated carbocycles. The summed E-state index contributed by atoms with van der Waals surface area (Å²) >= 11 is 0. The number of pyridine rings is 1. The molecule has 0 aliphatic rings. The summed E-state index contributed by atoms with van der Waals surface area (Å²) in [4.78, 5) is 18.8. The van der Waals surface area contributed by atoms with Gasteiger partial charge < -0.3 is 5.73 Å². The zero-order valence-electron chi connectivity index (χ0n) is 10.9. The Bertz CT molecular complexity index is 602. The number of benzene rings is 1. The van der Waals surface area contributed by atoms with Crippen molar-refractivity contribution in [2.75, 3.05) is 0 Å². The van der Waals surface area contributed by atoms with E-state index >= 15 is 0 Å². The summed E-state index contributed by atoms with van der Waals surface area (Å²) < 4.78 is 0. The monoisotopic (exact) mass is 267 g/mol. The maximum atomic E-state index is 11.3. The van der Waals surface area contributed by atoms with E-state index in [0.717, 1.165) is 16.7 Å². The first-order chi connectivity index (χ1) is 9.65. The van der Waals surface area contributed by atoms with Gasteiger partial charge in [0.25, 0.3) is 0 Å². The molecule has 2 aromatic rings. The van der Waals surface area contributed by atoms with E-state index in [9.17, 15) is 4.79 Å². The van der Waals surface area contributed by atoms with Gasteiger partial charge in [0.1, 0.15) is 0 Å². The number of aromatic nitrogens is 1. The molecule has 1 amide bonds. The van der Waals surface area contributed by atoms with Gasteiger partial charge in [-0.05, 0) is 29.2 Å². The highest BCUT2D eigenvalue weighted by molar-refractivity contribution is 5.91. The van der Waals surface area contributed by atoms with Crippen molar-refractivity contribution in [1.82, 2.24) is 10.7 Å². The van der Waals surface area contributed by atoms with E-state index in [-0.39, 0.29) is 12.3 Å². The van der Waals surface area contributed by atoms with Crippen LogP contribution in [0.3, 0.4) is 0 Å². The van der Waals surface area contributed by atoms with Crippen molar-refractivity contribution >= 4 is 11.9 Å². The molecule has 1 aromatic carbocycles. The van der Waals surface area contributed by atoms with Crippen LogP contribution >= 0.6 is 0 Å². The SMILES string of the molecule is [NH]C(N)=NC(=O)CCc1ccc(-c2cccnc2)cc1. The van der Waals surface area contributed by atoms with Crippen molar-refractivity contribution in [2.45, 2.75) is 12.8 Å². The first-order valence-corrected chi connectivity index (χ1v) is 6.23. The van der Waals surface area contributed by atoms with Crippen molar-refractivity contribution in [3.63, 3.8) is 0 Å². The highest BCUT2D eigenvalue weighted by Crippen LogP contribution is 2.18. The van der Waals surface area contributed by atoms with Crippen LogP contribution in [0.5, 0.6) is 0 Å². The largest absolute Gasteiger partial charge is 0.368 e. The van der Waals surface area contributed by atoms with Crippen LogP contribution in [0.25, 0.3) is 11.1 Å². The molecule has 0 spiro atoms. The first kappa shape index (κ1) is 13.7. The maximum absolute atomic E-state index is 11.3. The van der Waals surface area contributed by atoms with Crippen LogP contribution in [0.15, 0.2) is 53.8 Å². The second-order valence-corrected chi connectivity index (χ2v) is 4.33. The Balaban J connectivity index is 1.99. The Morgan fingerprint density at radius 2 is 1.95 bits per heavy atom. The third-order valence-electron chi connectivity index (χ3n) is 2.82. The number of guanidine groups is 1. The van der Waals surface area contributed by atoms with Crippen LogP contribution in [0, 0.1) is 0 Å². The molecule has 0 bridgehead atoms. The third kappa shape index (κ3) is 3.91. The molecule has 0 aliphatic carbocycles. The van der Waals surface area contributed by atoms with Crippen molar-refractivity contribution in [2.24, 2.45) is 10.7 Å². The quantitative estimate of drug-likeness (QED) is 0.676. The van der Waals surface area contributed by atoms with Crippen molar-refractivity contribution in [3.8, 4) is 11.1 Å². The lowest BCUT2D eigenvalue weighted by Gasteiger charge is -2.03. The molecule has 0 atom stereocenters. The second-order valence-electron chi connectivity index (χ2n) is 4.33. The topological polar surface area (TPSA) is 92.1 Å². The zero-order chi connectivity index (χ0) is 14.4. The molecule has 20 heavy (non-hydrogen) atoms. The standard InChI is InChI=1S/C15H15N4O/c16-15(17)19-14(20)8-5-11-3-6-12(7-4-11)13-2-1-9-18-10-13/h1-4,6-7,9-10,16H,5,8H2,(H2,17,19,20). The number of aliphatic imine (C=N–C) groups is 1. The number of nitrogens with zero attached hydrogens (tertiary/aromatic N) is 2. The molecular formula is C15H15N4O. The summed E-state index contributed by atoms with van der Waals surface area (Å²) in [5, 5.41) is 0. The summed E-state index contributed by atoms with van der Waals surface area (Å²) in [5.74, 6) is -0.809. The van der Waals surface area contributed by atoms with Gasteiger partial charge in [0, 0.05) is 18.8 Å². The Morgan fingerprint density at radius 1 is 1.20 bits per heavy atom. The lowest BCUT2D eigenvalue weighted by atomic mass is 10.0. The first-order valence-electron chi connectivity index (χ1n) is 6.23. The van der Waals surface area contributed by atoms with Crippen LogP contribution in [0.4, 0.5) is 0 Å². The third-order valence-corrected chi connectivity index (χ3v) is 2.82. The minimum atomic E-state index is -0.443. The van der Waals surface area contributed by atoms with Crippen molar-refractivity contribution < 1.29 is 4.79 Å². The van der Waals surface area contributed by atoms with E-state index in [1.807, 2.05) is 42.6 Å². The minimum absolute atomic E-state index is 0.256. The van der Waals surface area contributed by atoms with Crippen molar-refractivity contribution in [1.29, 1.82) is 0 Å². The number of aryl methyl sites for hydroxylation is 1. The fourth-order valence-electron chi connectivity index (χ4n) is 1.84. The van der Waals surface area contributed by atoms with Gasteiger partial charge in [-0.1, -0.05) is 30.3 Å². The van der Waals surface area contributed by atoms with Gasteiger partial charge in [-0.15, -0.1) is 0 Å². The van der Waals surface area contributed by atoms with Crippen LogP contribution in [0.2, 0.25) is 0 Å². The smallest absolute Gasteiger partial charge is 0.249 e. The van der Waals surface area contributed by atoms with E-state index in [0.29, 0.717) is 6.42 Å². The van der Waals surface area contributed by atoms with Crippen LogP contribution in [-0.2, 0) is 11.2 Å². The van der Waals surface area contributed by atoms with Crippen LogP contribution < -0.4 is 11.5 Å². The normalized spacial score (nSPS) is 11.3. The molecule has 3 N–H and O–H groups in total. The number of nitrogens with one attached hydrogen (secondary N) is 1. The van der Waals surface area contributed by atoms with Gasteiger partial charge in [0.05, 0.1) is 0 Å². The van der Waals surface area contributed by atoms with E-state index in [4.69, 9.17) is 11.5 Å². The number of hydrogen-bond acceptors (Lipinski definition) is 2. The van der Waals surface area contributed by atoms with E-state index < -0.39 is 5.96 Å². The number of amides is 1. The minimum Gasteiger partial charge on any atom is -0.368 e. The Hall–Kier alpha value is -2.69. The zero-order valence-corrected chi connectivity index (χ0v) is 10.9. The van der Waals surface area contributed by atoms with Crippen LogP contribution in [-0.4, -0.2) is 16.9 Å². The molecule has 0 fully saturated rings. The summed E-state index contributed by atoms with van der Waals surface area (Å²) in [6, 6.07) is 11.8. The molecule has 0 unspecified atom stereocenters.